The average molecular weight is 1850 g/mol. The van der Waals surface area contributed by atoms with Crippen LogP contribution in [0.2, 0.25) is 25.1 Å². The van der Waals surface area contributed by atoms with E-state index in [2.05, 4.69) is 182 Å². The molecule has 0 aliphatic rings. The summed E-state index contributed by atoms with van der Waals surface area (Å²) < 4.78 is 29.9. The Morgan fingerprint density at radius 2 is 0.419 bits per heavy atom. The lowest BCUT2D eigenvalue weighted by Crippen LogP contribution is -1.89. The Labute approximate surface area is 791 Å². The van der Waals surface area contributed by atoms with E-state index in [1.165, 1.54) is 53.9 Å². The van der Waals surface area contributed by atoms with Gasteiger partial charge >= 0.3 is 0 Å². The molecular weight excluding hydrogens is 1790 g/mol. The van der Waals surface area contributed by atoms with Gasteiger partial charge in [0, 0.05) is 85.8 Å². The second kappa shape index (κ2) is 31.3. The third-order valence-electron chi connectivity index (χ3n) is 25.8. The van der Waals surface area contributed by atoms with E-state index in [4.69, 9.17) is 130 Å². The minimum absolute atomic E-state index is 0.515. The molecular formula is C116H59Cl5N10O5. The van der Waals surface area contributed by atoms with Gasteiger partial charge in [0.1, 0.15) is 77.5 Å². The first-order valence-electron chi connectivity index (χ1n) is 44.0. The van der Waals surface area contributed by atoms with Crippen LogP contribution in [0.5, 0.6) is 0 Å². The van der Waals surface area contributed by atoms with Crippen molar-refractivity contribution in [3.8, 4) is 11.1 Å². The van der Waals surface area contributed by atoms with Crippen LogP contribution >= 0.6 is 58.0 Å². The molecule has 0 spiro atoms. The summed E-state index contributed by atoms with van der Waals surface area (Å²) in [6.45, 7) is 0. The zero-order valence-corrected chi connectivity index (χ0v) is 74.7. The van der Waals surface area contributed by atoms with Crippen LogP contribution in [-0.4, -0.2) is 49.8 Å². The Morgan fingerprint density at radius 3 is 0.824 bits per heavy atom. The van der Waals surface area contributed by atoms with Crippen molar-refractivity contribution in [3.05, 3.63) is 383 Å². The zero-order valence-electron chi connectivity index (χ0n) is 71.0. The average Bonchev–Trinajstić information content (AvgIpc) is 1.45. The van der Waals surface area contributed by atoms with Crippen molar-refractivity contribution < 1.29 is 22.1 Å². The van der Waals surface area contributed by atoms with Crippen LogP contribution in [0.1, 0.15) is 0 Å². The normalized spacial score (nSPS) is 12.0. The minimum atomic E-state index is 0.515. The fourth-order valence-corrected chi connectivity index (χ4v) is 20.8. The van der Waals surface area contributed by atoms with Crippen LogP contribution < -0.4 is 0 Å². The molecule has 136 heavy (non-hydrogen) atoms. The Hall–Kier alpha value is -16.6. The summed E-state index contributed by atoms with van der Waals surface area (Å²) in [6.07, 6.45) is 0. The number of aromatic nitrogens is 10. The van der Waals surface area contributed by atoms with E-state index in [0.717, 1.165) is 180 Å². The molecule has 0 aliphatic carbocycles. The van der Waals surface area contributed by atoms with Crippen molar-refractivity contribution in [2.24, 2.45) is 0 Å². The number of furan rings is 5. The number of fused-ring (bicyclic) bond motifs is 45. The number of nitrogens with zero attached hydrogens (tertiary/aromatic N) is 10. The predicted molar refractivity (Wildman–Crippen MR) is 560 cm³/mol. The van der Waals surface area contributed by atoms with Crippen LogP contribution in [0.3, 0.4) is 0 Å². The van der Waals surface area contributed by atoms with Gasteiger partial charge < -0.3 is 22.1 Å². The van der Waals surface area contributed by atoms with Crippen LogP contribution in [0.25, 0.3) is 285 Å². The summed E-state index contributed by atoms with van der Waals surface area (Å²) in [4.78, 5) is 49.3. The first kappa shape index (κ1) is 79.1. The third-order valence-corrected chi connectivity index (χ3v) is 27.2. The van der Waals surface area contributed by atoms with E-state index in [9.17, 15) is 0 Å². The monoisotopic (exact) mass is 1850 g/mol. The van der Waals surface area contributed by atoms with Crippen LogP contribution in [0.15, 0.2) is 380 Å². The number of rotatable bonds is 1. The maximum Gasteiger partial charge on any atom is 0.246 e. The van der Waals surface area contributed by atoms with Gasteiger partial charge in [0.05, 0.1) is 53.8 Å². The molecule has 0 unspecified atom stereocenters. The van der Waals surface area contributed by atoms with Crippen LogP contribution in [0.4, 0.5) is 0 Å². The van der Waals surface area contributed by atoms with Gasteiger partial charge in [-0.25, -0.2) is 49.8 Å². The second-order valence-electron chi connectivity index (χ2n) is 33.6. The summed E-state index contributed by atoms with van der Waals surface area (Å²) in [5.41, 5.74) is 20.8. The summed E-state index contributed by atoms with van der Waals surface area (Å²) in [5.74, 6) is 0. The number of para-hydroxylation sites is 1. The van der Waals surface area contributed by atoms with Gasteiger partial charge in [0.25, 0.3) is 0 Å². The fourth-order valence-electron chi connectivity index (χ4n) is 19.8. The van der Waals surface area contributed by atoms with Crippen molar-refractivity contribution in [2.75, 3.05) is 0 Å². The summed E-state index contributed by atoms with van der Waals surface area (Å²) in [7, 11) is 0. The molecule has 0 aliphatic heterocycles. The SMILES string of the molecule is Clc1ccc2c(c1)oc1nc3c4ccccc4c4ccccc4c3nc12.Clc1ccc2oc3nc4c5ccccc5c5ccccc5c4nc3c2c1.Clc1cccc(-c2ccc3oc4nc5c6ccccc6c6ccccc6c5nc4c3c2)c1.Clc1cccc2c1oc1nc3c4ccccc4c4ccccc4c3nc12.Clc1cccc2oc3nc4c5ccccc5c5ccccc5c4nc3c12. The number of benzene rings is 21. The van der Waals surface area contributed by atoms with Gasteiger partial charge in [-0.1, -0.05) is 331 Å². The smallest absolute Gasteiger partial charge is 0.246 e. The van der Waals surface area contributed by atoms with E-state index in [-0.39, 0.29) is 0 Å². The van der Waals surface area contributed by atoms with Crippen molar-refractivity contribution >= 4 is 332 Å². The molecule has 31 aromatic rings. The molecule has 15 nitrogen and oxygen atoms in total. The molecule has 0 radical (unpaired) electrons. The topological polar surface area (TPSA) is 195 Å². The van der Waals surface area contributed by atoms with Crippen molar-refractivity contribution in [3.63, 3.8) is 0 Å². The lowest BCUT2D eigenvalue weighted by Gasteiger charge is -2.08. The molecule has 0 N–H and O–H groups in total. The number of hydrogen-bond donors (Lipinski definition) is 0. The Morgan fingerprint density at radius 1 is 0.147 bits per heavy atom. The molecule has 0 saturated heterocycles. The first-order valence-corrected chi connectivity index (χ1v) is 45.9. The third kappa shape index (κ3) is 12.7. The molecule has 0 bridgehead atoms. The van der Waals surface area contributed by atoms with Gasteiger partial charge in [-0.3, -0.25) is 0 Å². The van der Waals surface area contributed by atoms with E-state index in [0.29, 0.717) is 75.9 Å². The highest BCUT2D eigenvalue weighted by Gasteiger charge is 2.25. The van der Waals surface area contributed by atoms with Crippen LogP contribution in [0, 0.1) is 0 Å². The molecule has 10 aromatic heterocycles. The maximum atomic E-state index is 6.41. The standard InChI is InChI=1S/C28H15ClN2O.4C22H11ClN2O/c29-18-7-5-6-16(14-18)17-12-13-24-23(15-17)27-28(32-24)31-26-22-11-4-2-9-20(22)19-8-1-3-10-21(19)25(26)30-27;23-16-10-5-11-17-18(16)21-22(26-17)25-20-15-9-4-2-7-13(15)12-6-1-3-8-14(12)19(20)24-21;23-17-11-5-10-16-20-22(26-21(16)17)25-19-15-9-4-2-7-13(15)12-6-1-3-8-14(12)18(19)24-20;23-12-9-10-18-17(11-12)21-22(26-18)25-20-16-8-4-2-6-14(16)13-5-1-3-7-15(13)19(20)24-21;23-12-9-10-17-18(11-12)26-22-21(17)24-19-15-7-3-1-5-13(15)14-6-2-4-8-16(14)20(19)25-22/h1-15H;4*1-11H. The number of halogens is 5. The van der Waals surface area contributed by atoms with Crippen LogP contribution in [-0.2, 0) is 0 Å². The minimum Gasteiger partial charge on any atom is -0.436 e. The highest BCUT2D eigenvalue weighted by atomic mass is 35.5. The largest absolute Gasteiger partial charge is 0.436 e. The summed E-state index contributed by atoms with van der Waals surface area (Å²) in [5, 5.41) is 30.2. The molecule has 0 atom stereocenters. The maximum absolute atomic E-state index is 6.41. The van der Waals surface area contributed by atoms with Gasteiger partial charge in [0.2, 0.25) is 28.6 Å². The molecule has 31 rings (SSSR count). The Balaban J connectivity index is 0.0000000864. The first-order chi connectivity index (χ1) is 67.0. The molecule has 0 saturated carbocycles. The lowest BCUT2D eigenvalue weighted by atomic mass is 9.99. The van der Waals surface area contributed by atoms with Gasteiger partial charge in [-0.15, -0.1) is 0 Å². The van der Waals surface area contributed by atoms with E-state index in [1.807, 2.05) is 170 Å². The van der Waals surface area contributed by atoms with Gasteiger partial charge in [0.15, 0.2) is 5.58 Å². The van der Waals surface area contributed by atoms with Gasteiger partial charge in [-0.05, 0) is 144 Å². The highest BCUT2D eigenvalue weighted by Crippen LogP contribution is 2.46. The second-order valence-corrected chi connectivity index (χ2v) is 35.7. The number of hydrogen-bond acceptors (Lipinski definition) is 15. The lowest BCUT2D eigenvalue weighted by molar-refractivity contribution is 0.655. The summed E-state index contributed by atoms with van der Waals surface area (Å²) >= 11 is 31.2. The quantitative estimate of drug-likeness (QED) is 0.141. The molecule has 21 aromatic carbocycles. The van der Waals surface area contributed by atoms with E-state index >= 15 is 0 Å². The molecule has 20 heteroatoms. The van der Waals surface area contributed by atoms with Crippen molar-refractivity contribution in [1.29, 1.82) is 0 Å². The van der Waals surface area contributed by atoms with Crippen molar-refractivity contribution in [1.82, 2.24) is 49.8 Å². The zero-order chi connectivity index (χ0) is 90.2. The fraction of sp³-hybridized carbons (Fsp3) is 0. The van der Waals surface area contributed by atoms with Gasteiger partial charge in [-0.2, -0.15) is 0 Å². The van der Waals surface area contributed by atoms with E-state index in [1.54, 1.807) is 6.07 Å². The van der Waals surface area contributed by atoms with Crippen molar-refractivity contribution in [2.45, 2.75) is 0 Å². The summed E-state index contributed by atoms with van der Waals surface area (Å²) in [6, 6.07) is 120. The Kier molecular flexibility index (Phi) is 18.2. The molecule has 638 valence electrons. The predicted octanol–water partition coefficient (Wildman–Crippen LogP) is 34.1. The van der Waals surface area contributed by atoms with E-state index < -0.39 is 0 Å². The highest BCUT2D eigenvalue weighted by molar-refractivity contribution is 6.39. The molecule has 0 fully saturated rings. The molecule has 0 amide bonds. The Bertz CT molecular complexity index is 10500. The molecule has 10 heterocycles.